The molecule has 1 aliphatic heterocycles. The first-order valence-electron chi connectivity index (χ1n) is 7.32. The molecule has 3 rings (SSSR count). The average Bonchev–Trinajstić information content (AvgIpc) is 2.97. The fraction of sp³-hybridized carbons (Fsp3) is 0.375. The van der Waals surface area contributed by atoms with Gasteiger partial charge in [0.2, 0.25) is 0 Å². The summed E-state index contributed by atoms with van der Waals surface area (Å²) in [6.45, 7) is 1.53. The van der Waals surface area contributed by atoms with E-state index < -0.39 is 6.61 Å². The second kappa shape index (κ2) is 5.98. The molecule has 0 saturated heterocycles. The average molecular weight is 321 g/mol. The van der Waals surface area contributed by atoms with E-state index in [1.165, 1.54) is 0 Å². The summed E-state index contributed by atoms with van der Waals surface area (Å²) in [5, 5.41) is 6.91. The van der Waals surface area contributed by atoms with Crippen LogP contribution >= 0.6 is 0 Å². The van der Waals surface area contributed by atoms with E-state index >= 15 is 0 Å². The molecule has 0 radical (unpaired) electrons. The number of amides is 1. The number of hydrogen-bond acceptors (Lipinski definition) is 3. The minimum Gasteiger partial charge on any atom is -0.434 e. The molecule has 0 unspecified atom stereocenters. The summed E-state index contributed by atoms with van der Waals surface area (Å²) >= 11 is 0. The van der Waals surface area contributed by atoms with Crippen LogP contribution in [0.15, 0.2) is 18.3 Å². The first-order valence-corrected chi connectivity index (χ1v) is 7.32. The van der Waals surface area contributed by atoms with Gasteiger partial charge in [0.1, 0.15) is 5.75 Å². The fourth-order valence-electron chi connectivity index (χ4n) is 2.93. The Balaban J connectivity index is 1.83. The van der Waals surface area contributed by atoms with E-state index in [-0.39, 0.29) is 11.7 Å². The van der Waals surface area contributed by atoms with Gasteiger partial charge in [-0.2, -0.15) is 13.9 Å². The molecular formula is C16H17F2N3O2. The molecule has 7 heteroatoms. The van der Waals surface area contributed by atoms with Crippen LogP contribution in [0.3, 0.4) is 0 Å². The first-order chi connectivity index (χ1) is 11.0. The van der Waals surface area contributed by atoms with Crippen molar-refractivity contribution in [3.63, 3.8) is 0 Å². The maximum atomic E-state index is 12.7. The standard InChI is InChI=1S/C16H17F2N3O2/c1-9-5-11(6-10(2)14(9)23-16(17)18)15(22)21-4-3-13-12(8-21)7-19-20-13/h5-7,16H,3-4,8H2,1-2H3,(H,19,20). The highest BCUT2D eigenvalue weighted by atomic mass is 19.3. The molecule has 0 spiro atoms. The van der Waals surface area contributed by atoms with Crippen molar-refractivity contribution in [1.29, 1.82) is 0 Å². The zero-order valence-corrected chi connectivity index (χ0v) is 12.9. The predicted molar refractivity (Wildman–Crippen MR) is 79.6 cm³/mol. The van der Waals surface area contributed by atoms with Crippen LogP contribution in [0.25, 0.3) is 0 Å². The number of aromatic amines is 1. The van der Waals surface area contributed by atoms with Gasteiger partial charge in [-0.1, -0.05) is 0 Å². The van der Waals surface area contributed by atoms with Crippen LogP contribution in [0.4, 0.5) is 8.78 Å². The number of carbonyl (C=O) groups excluding carboxylic acids is 1. The van der Waals surface area contributed by atoms with Crippen molar-refractivity contribution in [2.75, 3.05) is 6.54 Å². The Labute approximate surface area is 132 Å². The lowest BCUT2D eigenvalue weighted by molar-refractivity contribution is -0.0507. The molecular weight excluding hydrogens is 304 g/mol. The topological polar surface area (TPSA) is 58.2 Å². The number of hydrogen-bond donors (Lipinski definition) is 1. The van der Waals surface area contributed by atoms with Gasteiger partial charge in [-0.05, 0) is 37.1 Å². The second-order valence-electron chi connectivity index (χ2n) is 5.67. The molecule has 1 aliphatic rings. The minimum absolute atomic E-state index is 0.119. The summed E-state index contributed by atoms with van der Waals surface area (Å²) in [7, 11) is 0. The lowest BCUT2D eigenvalue weighted by Gasteiger charge is -2.27. The lowest BCUT2D eigenvalue weighted by Crippen LogP contribution is -2.35. The van der Waals surface area contributed by atoms with Crippen molar-refractivity contribution in [1.82, 2.24) is 15.1 Å². The predicted octanol–water partition coefficient (Wildman–Crippen LogP) is 2.83. The van der Waals surface area contributed by atoms with Gasteiger partial charge in [-0.3, -0.25) is 9.89 Å². The Bertz CT molecular complexity index is 720. The van der Waals surface area contributed by atoms with Crippen molar-refractivity contribution < 1.29 is 18.3 Å². The smallest absolute Gasteiger partial charge is 0.387 e. The van der Waals surface area contributed by atoms with Crippen LogP contribution < -0.4 is 4.74 Å². The van der Waals surface area contributed by atoms with Crippen molar-refractivity contribution in [2.45, 2.75) is 33.4 Å². The molecule has 5 nitrogen and oxygen atoms in total. The molecule has 0 bridgehead atoms. The van der Waals surface area contributed by atoms with Gasteiger partial charge >= 0.3 is 6.61 Å². The molecule has 0 saturated carbocycles. The number of aryl methyl sites for hydroxylation is 2. The van der Waals surface area contributed by atoms with Crippen LogP contribution in [0.5, 0.6) is 5.75 Å². The molecule has 0 fully saturated rings. The fourth-order valence-corrected chi connectivity index (χ4v) is 2.93. The van der Waals surface area contributed by atoms with Gasteiger partial charge < -0.3 is 9.64 Å². The largest absolute Gasteiger partial charge is 0.434 e. The van der Waals surface area contributed by atoms with Gasteiger partial charge in [0.05, 0.1) is 6.20 Å². The summed E-state index contributed by atoms with van der Waals surface area (Å²) in [5.74, 6) is 0.0129. The Hall–Kier alpha value is -2.44. The zero-order valence-electron chi connectivity index (χ0n) is 12.9. The van der Waals surface area contributed by atoms with Crippen molar-refractivity contribution >= 4 is 5.91 Å². The van der Waals surface area contributed by atoms with Gasteiger partial charge in [-0.25, -0.2) is 0 Å². The minimum atomic E-state index is -2.88. The molecule has 1 N–H and O–H groups in total. The number of ether oxygens (including phenoxy) is 1. The lowest BCUT2D eigenvalue weighted by atomic mass is 10.0. The van der Waals surface area contributed by atoms with Crippen molar-refractivity contribution in [2.24, 2.45) is 0 Å². The van der Waals surface area contributed by atoms with Gasteiger partial charge in [0.15, 0.2) is 0 Å². The number of nitrogens with zero attached hydrogens (tertiary/aromatic N) is 2. The Morgan fingerprint density at radius 3 is 2.70 bits per heavy atom. The third-order valence-corrected chi connectivity index (χ3v) is 4.00. The quantitative estimate of drug-likeness (QED) is 0.946. The molecule has 122 valence electrons. The highest BCUT2D eigenvalue weighted by molar-refractivity contribution is 5.95. The van der Waals surface area contributed by atoms with Crippen LogP contribution in [-0.2, 0) is 13.0 Å². The van der Waals surface area contributed by atoms with Crippen LogP contribution in [0.2, 0.25) is 0 Å². The number of fused-ring (bicyclic) bond motifs is 1. The maximum absolute atomic E-state index is 12.7. The van der Waals surface area contributed by atoms with E-state index in [0.29, 0.717) is 29.8 Å². The van der Waals surface area contributed by atoms with Crippen LogP contribution in [-0.4, -0.2) is 34.2 Å². The molecule has 2 heterocycles. The third-order valence-electron chi connectivity index (χ3n) is 4.00. The molecule has 1 amide bonds. The number of carbonyl (C=O) groups is 1. The Morgan fingerprint density at radius 2 is 2.04 bits per heavy atom. The second-order valence-corrected chi connectivity index (χ2v) is 5.67. The van der Waals surface area contributed by atoms with E-state index in [2.05, 4.69) is 14.9 Å². The van der Waals surface area contributed by atoms with E-state index in [1.54, 1.807) is 37.1 Å². The van der Waals surface area contributed by atoms with Gasteiger partial charge in [0, 0.05) is 36.3 Å². The summed E-state index contributed by atoms with van der Waals surface area (Å²) in [5.41, 5.74) is 3.59. The summed E-state index contributed by atoms with van der Waals surface area (Å²) in [6.07, 6.45) is 2.45. The number of aromatic nitrogens is 2. The van der Waals surface area contributed by atoms with E-state index in [9.17, 15) is 13.6 Å². The monoisotopic (exact) mass is 321 g/mol. The third kappa shape index (κ3) is 3.04. The highest BCUT2D eigenvalue weighted by Gasteiger charge is 2.24. The maximum Gasteiger partial charge on any atom is 0.387 e. The summed E-state index contributed by atoms with van der Waals surface area (Å²) < 4.78 is 29.4. The summed E-state index contributed by atoms with van der Waals surface area (Å²) in [4.78, 5) is 14.4. The van der Waals surface area contributed by atoms with Crippen LogP contribution in [0.1, 0.15) is 32.7 Å². The number of rotatable bonds is 3. The van der Waals surface area contributed by atoms with Crippen molar-refractivity contribution in [3.05, 3.63) is 46.3 Å². The first kappa shape index (κ1) is 15.5. The Kier molecular flexibility index (Phi) is 4.02. The normalized spacial score (nSPS) is 14.0. The summed E-state index contributed by atoms with van der Waals surface area (Å²) in [6, 6.07) is 3.19. The van der Waals surface area contributed by atoms with E-state index in [4.69, 9.17) is 0 Å². The van der Waals surface area contributed by atoms with Crippen LogP contribution in [0, 0.1) is 13.8 Å². The molecule has 23 heavy (non-hydrogen) atoms. The van der Waals surface area contributed by atoms with E-state index in [0.717, 1.165) is 17.7 Å². The number of halogens is 2. The van der Waals surface area contributed by atoms with Crippen molar-refractivity contribution in [3.8, 4) is 5.75 Å². The molecule has 1 aromatic carbocycles. The van der Waals surface area contributed by atoms with E-state index in [1.807, 2.05) is 0 Å². The number of benzene rings is 1. The van der Waals surface area contributed by atoms with Gasteiger partial charge in [-0.15, -0.1) is 0 Å². The molecule has 0 atom stereocenters. The molecule has 0 aliphatic carbocycles. The SMILES string of the molecule is Cc1cc(C(=O)N2CCc3[nH]ncc3C2)cc(C)c1OC(F)F. The molecule has 1 aromatic heterocycles. The highest BCUT2D eigenvalue weighted by Crippen LogP contribution is 2.28. The number of H-pyrrole nitrogens is 1. The number of nitrogens with one attached hydrogen (secondary N) is 1. The Morgan fingerprint density at radius 1 is 1.35 bits per heavy atom. The zero-order chi connectivity index (χ0) is 16.6. The molecule has 2 aromatic rings. The van der Waals surface area contributed by atoms with Gasteiger partial charge in [0.25, 0.3) is 5.91 Å². The number of alkyl halides is 2.